The monoisotopic (exact) mass is 650 g/mol. The molecule has 4 N–H and O–H groups in total. The van der Waals surface area contributed by atoms with Crippen molar-refractivity contribution in [3.8, 4) is 0 Å². The molecule has 0 radical (unpaired) electrons. The van der Waals surface area contributed by atoms with Crippen molar-refractivity contribution in [3.63, 3.8) is 0 Å². The molecular weight excluding hydrogens is 615 g/mol. The van der Waals surface area contributed by atoms with Crippen molar-refractivity contribution < 1.29 is 26.7 Å². The molecule has 0 saturated heterocycles. The van der Waals surface area contributed by atoms with Crippen molar-refractivity contribution in [2.75, 3.05) is 26.2 Å². The molecule has 0 unspecified atom stereocenters. The molecular formula is C22H36N14NiO6. The summed E-state index contributed by atoms with van der Waals surface area (Å²) in [5, 5.41) is 65.3. The summed E-state index contributed by atoms with van der Waals surface area (Å²) in [6.07, 6.45) is 13.8. The Bertz CT molecular complexity index is 1020. The van der Waals surface area contributed by atoms with Crippen molar-refractivity contribution >= 4 is 11.9 Å². The average Bonchev–Trinajstić information content (AvgIpc) is 3.79. The van der Waals surface area contributed by atoms with Crippen LogP contribution in [0.5, 0.6) is 0 Å². The smallest absolute Gasteiger partial charge is 0.356 e. The summed E-state index contributed by atoms with van der Waals surface area (Å²) in [6.45, 7) is 11.5. The van der Waals surface area contributed by atoms with Gasteiger partial charge in [-0.3, -0.25) is 21.0 Å². The summed E-state index contributed by atoms with van der Waals surface area (Å²) in [7, 11) is 0. The van der Waals surface area contributed by atoms with E-state index in [-0.39, 0.29) is 16.5 Å². The van der Waals surface area contributed by atoms with Crippen LogP contribution >= 0.6 is 0 Å². The van der Waals surface area contributed by atoms with E-state index in [0.29, 0.717) is 11.9 Å². The Morgan fingerprint density at radius 2 is 0.977 bits per heavy atom. The molecule has 240 valence electrons. The average molecular weight is 651 g/mol. The van der Waals surface area contributed by atoms with Crippen LogP contribution in [0.2, 0.25) is 0 Å². The van der Waals surface area contributed by atoms with Crippen molar-refractivity contribution in [1.29, 1.82) is 10.8 Å². The van der Waals surface area contributed by atoms with E-state index in [0.717, 1.165) is 26.2 Å². The minimum Gasteiger partial charge on any atom is -0.356 e. The summed E-state index contributed by atoms with van der Waals surface area (Å²) in [5.74, 6) is 0.870. The van der Waals surface area contributed by atoms with Crippen LogP contribution in [0.4, 0.5) is 0 Å². The molecule has 0 amide bonds. The first-order valence-corrected chi connectivity index (χ1v) is 12.2. The first-order valence-electron chi connectivity index (χ1n) is 12.2. The van der Waals surface area contributed by atoms with Crippen molar-refractivity contribution in [2.24, 2.45) is 0 Å². The molecule has 4 heterocycles. The van der Waals surface area contributed by atoms with E-state index >= 15 is 0 Å². The molecule has 0 aromatic carbocycles. The minimum absolute atomic E-state index is 0. The number of rotatable bonds is 4. The third-order valence-electron chi connectivity index (χ3n) is 4.38. The van der Waals surface area contributed by atoms with Gasteiger partial charge in [0.15, 0.2) is 0 Å². The third kappa shape index (κ3) is 24.2. The second-order valence-corrected chi connectivity index (χ2v) is 6.87. The topological polar surface area (TPSA) is 280 Å². The minimum atomic E-state index is -1.75. The maximum absolute atomic E-state index is 8.25. The maximum Gasteiger partial charge on any atom is 2.00 e. The van der Waals surface area contributed by atoms with Gasteiger partial charge in [-0.05, 0) is 52.0 Å². The molecule has 21 heteroatoms. The van der Waals surface area contributed by atoms with Crippen LogP contribution in [0.15, 0.2) is 73.8 Å². The fourth-order valence-electron chi connectivity index (χ4n) is 2.55. The standard InChI is InChI=1S/2C8H14N4.2C3H4N2.2NO3.Ni/c2*1-3-11(4-2)8(9)12-7-5-6-10-12;2*1-2-4-5-3-1;2*2-1(3)4;/h2*5-7,9H,3-4H2,1-2H3;2*1-3H,(H,4,5);;;/q;;;;2*-1;+2. The summed E-state index contributed by atoms with van der Waals surface area (Å²) >= 11 is 0. The molecule has 0 aliphatic rings. The zero-order chi connectivity index (χ0) is 32.2. The number of nitrogens with one attached hydrogen (secondary N) is 4. The molecule has 4 rings (SSSR count). The Morgan fingerprint density at radius 3 is 1.12 bits per heavy atom. The number of H-pyrrole nitrogens is 2. The molecule has 0 atom stereocenters. The van der Waals surface area contributed by atoms with Crippen molar-refractivity contribution in [1.82, 2.24) is 49.8 Å². The van der Waals surface area contributed by atoms with Gasteiger partial charge < -0.3 is 40.4 Å². The molecule has 4 aromatic heterocycles. The van der Waals surface area contributed by atoms with E-state index in [2.05, 4.69) is 30.6 Å². The van der Waals surface area contributed by atoms with Gasteiger partial charge in [-0.15, -0.1) is 0 Å². The van der Waals surface area contributed by atoms with Gasteiger partial charge in [-0.1, -0.05) is 0 Å². The van der Waals surface area contributed by atoms with Gasteiger partial charge in [0, 0.05) is 75.8 Å². The zero-order valence-electron chi connectivity index (χ0n) is 24.0. The van der Waals surface area contributed by atoms with Gasteiger partial charge in [0.05, 0.1) is 10.2 Å². The van der Waals surface area contributed by atoms with E-state index in [1.807, 2.05) is 61.8 Å². The molecule has 0 aliphatic heterocycles. The van der Waals surface area contributed by atoms with Gasteiger partial charge in [0.2, 0.25) is 11.9 Å². The van der Waals surface area contributed by atoms with Crippen LogP contribution in [0.3, 0.4) is 0 Å². The van der Waals surface area contributed by atoms with E-state index in [4.69, 9.17) is 41.5 Å². The number of nitrogens with zero attached hydrogens (tertiary/aromatic N) is 10. The van der Waals surface area contributed by atoms with Crippen LogP contribution < -0.4 is 0 Å². The number of aromatic amines is 2. The first kappa shape index (κ1) is 42.1. The molecule has 0 bridgehead atoms. The van der Waals surface area contributed by atoms with Crippen molar-refractivity contribution in [2.45, 2.75) is 27.7 Å². The van der Waals surface area contributed by atoms with E-state index in [1.165, 1.54) is 0 Å². The van der Waals surface area contributed by atoms with Gasteiger partial charge in [-0.2, -0.15) is 20.4 Å². The second kappa shape index (κ2) is 28.2. The number of hydrogen-bond acceptors (Lipinski definition) is 12. The molecule has 43 heavy (non-hydrogen) atoms. The zero-order valence-corrected chi connectivity index (χ0v) is 25.0. The summed E-state index contributed by atoms with van der Waals surface area (Å²) < 4.78 is 3.12. The summed E-state index contributed by atoms with van der Waals surface area (Å²) in [6, 6.07) is 7.30. The molecule has 0 fully saturated rings. The van der Waals surface area contributed by atoms with Crippen LogP contribution in [0.1, 0.15) is 27.7 Å². The molecule has 4 aromatic rings. The molecule has 0 saturated carbocycles. The van der Waals surface area contributed by atoms with Crippen LogP contribution in [-0.2, 0) is 16.5 Å². The molecule has 20 nitrogen and oxygen atoms in total. The third-order valence-corrected chi connectivity index (χ3v) is 4.38. The largest absolute Gasteiger partial charge is 2.00 e. The van der Waals surface area contributed by atoms with E-state index < -0.39 is 10.2 Å². The van der Waals surface area contributed by atoms with Crippen molar-refractivity contribution in [3.05, 3.63) is 104 Å². The van der Waals surface area contributed by atoms with Crippen LogP contribution in [-0.4, -0.2) is 98.0 Å². The Labute approximate surface area is 257 Å². The van der Waals surface area contributed by atoms with E-state index in [1.54, 1.807) is 58.9 Å². The second-order valence-electron chi connectivity index (χ2n) is 6.87. The summed E-state index contributed by atoms with van der Waals surface area (Å²) in [5.41, 5.74) is 0. The fourth-order valence-corrected chi connectivity index (χ4v) is 2.55. The fraction of sp³-hybridized carbons (Fsp3) is 0.364. The predicted octanol–water partition coefficient (Wildman–Crippen LogP) is 2.35. The number of aromatic nitrogens is 8. The summed E-state index contributed by atoms with van der Waals surface area (Å²) in [4.78, 5) is 20.4. The predicted molar refractivity (Wildman–Crippen MR) is 154 cm³/mol. The van der Waals surface area contributed by atoms with Gasteiger partial charge >= 0.3 is 16.5 Å². The van der Waals surface area contributed by atoms with Crippen LogP contribution in [0, 0.1) is 41.5 Å². The first-order chi connectivity index (χ1) is 20.0. The normalized spacial score (nSPS) is 8.47. The van der Waals surface area contributed by atoms with Gasteiger partial charge in [0.25, 0.3) is 0 Å². The Kier molecular flexibility index (Phi) is 27.7. The van der Waals surface area contributed by atoms with Gasteiger partial charge in [0.1, 0.15) is 0 Å². The van der Waals surface area contributed by atoms with Crippen LogP contribution in [0.25, 0.3) is 0 Å². The maximum atomic E-state index is 8.25. The van der Waals surface area contributed by atoms with Gasteiger partial charge in [-0.25, -0.2) is 9.36 Å². The Balaban J connectivity index is -0.000000476. The number of hydrogen-bond donors (Lipinski definition) is 4. The molecule has 0 spiro atoms. The Hall–Kier alpha value is -5.33. The quantitative estimate of drug-likeness (QED) is 0.0813. The Morgan fingerprint density at radius 1 is 0.674 bits per heavy atom. The van der Waals surface area contributed by atoms with E-state index in [9.17, 15) is 0 Å². The molecule has 0 aliphatic carbocycles. The SMILES string of the molecule is CCN(CC)C(=N)n1cccn1.CCN(CC)C(=N)n1cccn1.O=[N+]([O-])[O-].O=[N+]([O-])[O-].[Ni+2].c1cn[nH]c1.c1cn[nH]c1.